The van der Waals surface area contributed by atoms with Gasteiger partial charge in [-0.15, -0.1) is 0 Å². The molecule has 0 unspecified atom stereocenters. The van der Waals surface area contributed by atoms with Crippen molar-refractivity contribution in [3.63, 3.8) is 0 Å². The molecule has 0 radical (unpaired) electrons. The molecule has 0 aromatic carbocycles. The van der Waals surface area contributed by atoms with E-state index < -0.39 is 0 Å². The number of anilines is 1. The number of nitrogens with zero attached hydrogens (tertiary/aromatic N) is 4. The Morgan fingerprint density at radius 1 is 1.33 bits per heavy atom. The van der Waals surface area contributed by atoms with Crippen molar-refractivity contribution >= 4 is 11.5 Å². The van der Waals surface area contributed by atoms with Gasteiger partial charge in [0.25, 0.3) is 0 Å². The summed E-state index contributed by atoms with van der Waals surface area (Å²) in [6.45, 7) is 6.66. The quantitative estimate of drug-likeness (QED) is 0.860. The van der Waals surface area contributed by atoms with Crippen LogP contribution in [0.25, 0.3) is 5.65 Å². The predicted molar refractivity (Wildman–Crippen MR) is 79.0 cm³/mol. The van der Waals surface area contributed by atoms with Gasteiger partial charge < -0.3 is 14.4 Å². The Morgan fingerprint density at radius 2 is 2.24 bits per heavy atom. The molecule has 112 valence electrons. The Balaban J connectivity index is 1.86. The fourth-order valence-corrected chi connectivity index (χ4v) is 3.23. The van der Waals surface area contributed by atoms with Crippen LogP contribution in [0.2, 0.25) is 0 Å². The molecule has 0 N–H and O–H groups in total. The summed E-state index contributed by atoms with van der Waals surface area (Å²) < 4.78 is 13.5. The van der Waals surface area contributed by atoms with Crippen LogP contribution in [0.5, 0.6) is 5.75 Å². The Morgan fingerprint density at radius 3 is 3.05 bits per heavy atom. The number of hydrogen-bond donors (Lipinski definition) is 0. The lowest BCUT2D eigenvalue weighted by Gasteiger charge is -2.38. The van der Waals surface area contributed by atoms with Gasteiger partial charge in [-0.05, 0) is 12.8 Å². The largest absolute Gasteiger partial charge is 0.480 e. The molecule has 6 nitrogen and oxygen atoms in total. The molecular weight excluding hydrogens is 268 g/mol. The van der Waals surface area contributed by atoms with Crippen molar-refractivity contribution in [2.24, 2.45) is 0 Å². The first-order valence-electron chi connectivity index (χ1n) is 7.70. The van der Waals surface area contributed by atoms with E-state index in [0.717, 1.165) is 43.2 Å². The summed E-state index contributed by atoms with van der Waals surface area (Å²) in [7, 11) is 0. The standard InChI is InChI=1S/C15H20N4O2/c1-3-5-18-11-8-20-9-13(11)21-12-7-19-14(17-15(12)18)10(4-2)6-16-19/h6-7,11,13H,3-5,8-9H2,1-2H3/t11-,13-/m1/s1. The highest BCUT2D eigenvalue weighted by atomic mass is 16.6. The topological polar surface area (TPSA) is 51.9 Å². The molecule has 1 fully saturated rings. The average molecular weight is 288 g/mol. The first kappa shape index (κ1) is 12.9. The molecule has 4 rings (SSSR count). The minimum atomic E-state index is 0.101. The molecule has 2 atom stereocenters. The zero-order valence-corrected chi connectivity index (χ0v) is 12.5. The molecule has 0 amide bonds. The van der Waals surface area contributed by atoms with Crippen molar-refractivity contribution in [3.8, 4) is 5.75 Å². The van der Waals surface area contributed by atoms with Crippen molar-refractivity contribution in [2.75, 3.05) is 24.7 Å². The van der Waals surface area contributed by atoms with Crippen molar-refractivity contribution in [2.45, 2.75) is 38.8 Å². The molecule has 0 bridgehead atoms. The molecule has 21 heavy (non-hydrogen) atoms. The molecule has 1 saturated heterocycles. The maximum Gasteiger partial charge on any atom is 0.180 e. The van der Waals surface area contributed by atoms with Crippen molar-refractivity contribution < 1.29 is 9.47 Å². The number of fused-ring (bicyclic) bond motifs is 3. The zero-order chi connectivity index (χ0) is 14.4. The number of aryl methyl sites for hydroxylation is 1. The first-order valence-corrected chi connectivity index (χ1v) is 7.70. The Kier molecular flexibility index (Phi) is 2.99. The summed E-state index contributed by atoms with van der Waals surface area (Å²) in [6, 6.07) is 0.278. The van der Waals surface area contributed by atoms with E-state index in [-0.39, 0.29) is 12.1 Å². The molecule has 0 spiro atoms. The third-order valence-electron chi connectivity index (χ3n) is 4.31. The molecule has 2 aromatic heterocycles. The van der Waals surface area contributed by atoms with Gasteiger partial charge in [-0.3, -0.25) is 0 Å². The highest BCUT2D eigenvalue weighted by molar-refractivity contribution is 5.61. The maximum atomic E-state index is 6.09. The second kappa shape index (κ2) is 4.87. The summed E-state index contributed by atoms with van der Waals surface area (Å²) in [5.41, 5.74) is 2.09. The SMILES string of the molecule is CCCN1c2nc3c(CC)cnn3cc2O[C@@H]2COC[C@H]21. The number of ether oxygens (including phenoxy) is 2. The second-order valence-corrected chi connectivity index (χ2v) is 5.67. The van der Waals surface area contributed by atoms with Gasteiger partial charge in [0.15, 0.2) is 17.2 Å². The van der Waals surface area contributed by atoms with Crippen LogP contribution in [-0.4, -0.2) is 46.5 Å². The number of rotatable bonds is 3. The lowest BCUT2D eigenvalue weighted by molar-refractivity contribution is 0.136. The van der Waals surface area contributed by atoms with Gasteiger partial charge in [0.05, 0.1) is 31.6 Å². The molecule has 0 saturated carbocycles. The number of hydrogen-bond acceptors (Lipinski definition) is 5. The van der Waals surface area contributed by atoms with Crippen LogP contribution in [0.1, 0.15) is 25.8 Å². The lowest BCUT2D eigenvalue weighted by atomic mass is 10.1. The summed E-state index contributed by atoms with van der Waals surface area (Å²) in [6.07, 6.45) is 5.95. The van der Waals surface area contributed by atoms with Crippen LogP contribution >= 0.6 is 0 Å². The number of aromatic nitrogens is 3. The summed E-state index contributed by atoms with van der Waals surface area (Å²) in [4.78, 5) is 7.20. The monoisotopic (exact) mass is 288 g/mol. The maximum absolute atomic E-state index is 6.09. The fourth-order valence-electron chi connectivity index (χ4n) is 3.23. The molecule has 6 heteroatoms. The minimum Gasteiger partial charge on any atom is -0.480 e. The minimum absolute atomic E-state index is 0.101. The molecular formula is C15H20N4O2. The van der Waals surface area contributed by atoms with Gasteiger partial charge in [-0.1, -0.05) is 13.8 Å². The van der Waals surface area contributed by atoms with Gasteiger partial charge in [0, 0.05) is 12.1 Å². The highest BCUT2D eigenvalue weighted by Crippen LogP contribution is 2.37. The summed E-state index contributed by atoms with van der Waals surface area (Å²) >= 11 is 0. The smallest absolute Gasteiger partial charge is 0.180 e. The third-order valence-corrected chi connectivity index (χ3v) is 4.31. The Hall–Kier alpha value is -1.82. The van der Waals surface area contributed by atoms with Crippen LogP contribution in [0.4, 0.5) is 5.82 Å². The van der Waals surface area contributed by atoms with E-state index in [2.05, 4.69) is 23.8 Å². The van der Waals surface area contributed by atoms with Gasteiger partial charge in [0.2, 0.25) is 0 Å². The molecule has 2 aliphatic heterocycles. The van der Waals surface area contributed by atoms with Gasteiger partial charge in [0.1, 0.15) is 6.10 Å². The van der Waals surface area contributed by atoms with Gasteiger partial charge in [-0.2, -0.15) is 5.10 Å². The van der Waals surface area contributed by atoms with Gasteiger partial charge >= 0.3 is 0 Å². The average Bonchev–Trinajstić information content (AvgIpc) is 3.11. The second-order valence-electron chi connectivity index (χ2n) is 5.67. The Labute approximate surface area is 123 Å². The van der Waals surface area contributed by atoms with Crippen molar-refractivity contribution in [1.29, 1.82) is 0 Å². The van der Waals surface area contributed by atoms with Gasteiger partial charge in [-0.25, -0.2) is 9.50 Å². The van der Waals surface area contributed by atoms with Crippen LogP contribution < -0.4 is 9.64 Å². The van der Waals surface area contributed by atoms with E-state index in [1.54, 1.807) is 0 Å². The van der Waals surface area contributed by atoms with E-state index in [9.17, 15) is 0 Å². The van der Waals surface area contributed by atoms with Crippen molar-refractivity contribution in [3.05, 3.63) is 18.0 Å². The highest BCUT2D eigenvalue weighted by Gasteiger charge is 2.41. The summed E-state index contributed by atoms with van der Waals surface area (Å²) in [5.74, 6) is 1.75. The van der Waals surface area contributed by atoms with E-state index in [0.29, 0.717) is 6.61 Å². The van der Waals surface area contributed by atoms with Crippen molar-refractivity contribution in [1.82, 2.24) is 14.6 Å². The molecule has 4 heterocycles. The lowest BCUT2D eigenvalue weighted by Crippen LogP contribution is -2.49. The predicted octanol–water partition coefficient (Wildman–Crippen LogP) is 1.67. The van der Waals surface area contributed by atoms with E-state index in [1.807, 2.05) is 16.9 Å². The summed E-state index contributed by atoms with van der Waals surface area (Å²) in [5, 5.41) is 4.38. The molecule has 0 aliphatic carbocycles. The van der Waals surface area contributed by atoms with E-state index in [1.165, 1.54) is 5.56 Å². The normalized spacial score (nSPS) is 24.0. The van der Waals surface area contributed by atoms with E-state index >= 15 is 0 Å². The van der Waals surface area contributed by atoms with Crippen LogP contribution in [0, 0.1) is 0 Å². The van der Waals surface area contributed by atoms with Crippen LogP contribution in [-0.2, 0) is 11.2 Å². The van der Waals surface area contributed by atoms with E-state index in [4.69, 9.17) is 14.5 Å². The molecule has 2 aromatic rings. The zero-order valence-electron chi connectivity index (χ0n) is 12.5. The fraction of sp³-hybridized carbons (Fsp3) is 0.600. The Bertz CT molecular complexity index is 669. The van der Waals surface area contributed by atoms with Crippen LogP contribution in [0.15, 0.2) is 12.4 Å². The first-order chi connectivity index (χ1) is 10.3. The third kappa shape index (κ3) is 1.89. The van der Waals surface area contributed by atoms with Crippen LogP contribution in [0.3, 0.4) is 0 Å². The molecule has 2 aliphatic rings.